The van der Waals surface area contributed by atoms with Gasteiger partial charge in [0.05, 0.1) is 11.0 Å². The molecule has 1 aliphatic heterocycles. The second-order valence-corrected chi connectivity index (χ2v) is 11.0. The molecule has 0 saturated carbocycles. The van der Waals surface area contributed by atoms with E-state index in [1.807, 2.05) is 90.6 Å². The summed E-state index contributed by atoms with van der Waals surface area (Å²) in [5.41, 5.74) is 15.0. The van der Waals surface area contributed by atoms with Gasteiger partial charge < -0.3 is 9.80 Å². The zero-order valence-electron chi connectivity index (χ0n) is 24.7. The number of nitrogens with zero attached hydrogens (tertiary/aromatic N) is 8. The molecular formula is C32H34N10. The van der Waals surface area contributed by atoms with E-state index in [2.05, 4.69) is 33.0 Å². The maximum absolute atomic E-state index is 7.19. The lowest BCUT2D eigenvalue weighted by Gasteiger charge is -2.39. The number of anilines is 2. The molecule has 0 amide bonds. The van der Waals surface area contributed by atoms with Crippen LogP contribution < -0.4 is 21.4 Å². The minimum atomic E-state index is -1.49. The Hall–Kier alpha value is -4.93. The van der Waals surface area contributed by atoms with Crippen molar-refractivity contribution in [2.75, 3.05) is 38.0 Å². The lowest BCUT2D eigenvalue weighted by atomic mass is 10.0. The second kappa shape index (κ2) is 10.2. The van der Waals surface area contributed by atoms with Crippen LogP contribution in [-0.4, -0.2) is 59.8 Å². The molecule has 6 rings (SSSR count). The Bertz CT molecular complexity index is 1900. The summed E-state index contributed by atoms with van der Waals surface area (Å²) in [5, 5.41) is 3.33. The summed E-state index contributed by atoms with van der Waals surface area (Å²) in [6.45, 7) is 3.98. The van der Waals surface area contributed by atoms with E-state index >= 15 is 0 Å². The Balaban J connectivity index is 1.59. The van der Waals surface area contributed by atoms with E-state index in [4.69, 9.17) is 31.5 Å². The molecule has 10 heteroatoms. The summed E-state index contributed by atoms with van der Waals surface area (Å²) in [6, 6.07) is 21.6. The number of aryl methyl sites for hydroxylation is 2. The van der Waals surface area contributed by atoms with Gasteiger partial charge in [-0.3, -0.25) is 20.7 Å². The van der Waals surface area contributed by atoms with Gasteiger partial charge in [-0.05, 0) is 68.4 Å². The Kier molecular flexibility index (Phi) is 6.59. The van der Waals surface area contributed by atoms with Gasteiger partial charge in [0, 0.05) is 79.0 Å². The molecule has 1 atom stereocenters. The quantitative estimate of drug-likeness (QED) is 0.309. The number of rotatable bonds is 5. The molecule has 4 N–H and O–H groups in total. The monoisotopic (exact) mass is 558 g/mol. The first kappa shape index (κ1) is 27.3. The summed E-state index contributed by atoms with van der Waals surface area (Å²) >= 11 is 0. The number of pyridine rings is 3. The van der Waals surface area contributed by atoms with E-state index in [0.717, 1.165) is 50.1 Å². The maximum Gasteiger partial charge on any atom is 0.228 e. The van der Waals surface area contributed by atoms with Crippen molar-refractivity contribution in [2.45, 2.75) is 19.6 Å². The largest absolute Gasteiger partial charge is 0.377 e. The van der Waals surface area contributed by atoms with Gasteiger partial charge in [0.15, 0.2) is 11.7 Å². The predicted octanol–water partition coefficient (Wildman–Crippen LogP) is 4.08. The molecule has 212 valence electrons. The van der Waals surface area contributed by atoms with Gasteiger partial charge in [-0.25, -0.2) is 20.8 Å². The highest BCUT2D eigenvalue weighted by atomic mass is 15.6. The lowest BCUT2D eigenvalue weighted by molar-refractivity contribution is 0.188. The zero-order valence-corrected chi connectivity index (χ0v) is 24.7. The lowest BCUT2D eigenvalue weighted by Crippen LogP contribution is -2.60. The van der Waals surface area contributed by atoms with Crippen LogP contribution in [0.4, 0.5) is 11.4 Å². The summed E-state index contributed by atoms with van der Waals surface area (Å²) < 4.78 is 0. The topological polar surface area (TPSA) is 125 Å². The predicted molar refractivity (Wildman–Crippen MR) is 171 cm³/mol. The van der Waals surface area contributed by atoms with Gasteiger partial charge in [-0.15, -0.1) is 0 Å². The molecule has 0 bridgehead atoms. The molecular weight excluding hydrogens is 524 g/mol. The van der Waals surface area contributed by atoms with Gasteiger partial charge >= 0.3 is 0 Å². The van der Waals surface area contributed by atoms with Gasteiger partial charge in [0.1, 0.15) is 5.69 Å². The van der Waals surface area contributed by atoms with Crippen molar-refractivity contribution in [2.24, 2.45) is 21.6 Å². The molecule has 0 aliphatic carbocycles. The average Bonchev–Trinajstić information content (AvgIpc) is 2.97. The fraction of sp³-hybridized carbons (Fsp3) is 0.219. The molecule has 10 nitrogen and oxygen atoms in total. The average molecular weight is 559 g/mol. The van der Waals surface area contributed by atoms with Crippen LogP contribution in [0.1, 0.15) is 28.2 Å². The van der Waals surface area contributed by atoms with Gasteiger partial charge in [-0.2, -0.15) is 0 Å². The van der Waals surface area contributed by atoms with E-state index < -0.39 is 5.79 Å². The van der Waals surface area contributed by atoms with E-state index in [-0.39, 0.29) is 0 Å². The molecule has 5 aromatic rings. The minimum Gasteiger partial charge on any atom is -0.377 e. The third-order valence-corrected chi connectivity index (χ3v) is 7.45. The Morgan fingerprint density at radius 3 is 1.98 bits per heavy atom. The second-order valence-electron chi connectivity index (χ2n) is 11.0. The number of aromatic nitrogens is 3. The first-order valence-corrected chi connectivity index (χ1v) is 13.7. The van der Waals surface area contributed by atoms with Crippen LogP contribution in [0.25, 0.3) is 21.8 Å². The molecule has 0 saturated heterocycles. The normalized spacial score (nSPS) is 16.9. The first-order chi connectivity index (χ1) is 20.0. The van der Waals surface area contributed by atoms with E-state index in [0.29, 0.717) is 22.9 Å². The van der Waals surface area contributed by atoms with Crippen molar-refractivity contribution in [1.82, 2.24) is 20.0 Å². The van der Waals surface area contributed by atoms with Crippen LogP contribution in [0, 0.1) is 13.8 Å². The summed E-state index contributed by atoms with van der Waals surface area (Å²) in [5.74, 6) is 6.15. The summed E-state index contributed by atoms with van der Waals surface area (Å²) in [7, 11) is 8.06. The number of fused-ring (bicyclic) bond motifs is 2. The van der Waals surface area contributed by atoms with Crippen LogP contribution in [0.3, 0.4) is 0 Å². The first-order valence-electron chi connectivity index (χ1n) is 13.7. The highest BCUT2D eigenvalue weighted by Crippen LogP contribution is 2.34. The molecule has 42 heavy (non-hydrogen) atoms. The van der Waals surface area contributed by atoms with Gasteiger partial charge in [0.2, 0.25) is 5.79 Å². The van der Waals surface area contributed by atoms with Crippen molar-refractivity contribution in [3.63, 3.8) is 0 Å². The number of amidine groups is 2. The van der Waals surface area contributed by atoms with E-state index in [9.17, 15) is 0 Å². The molecule has 0 spiro atoms. The van der Waals surface area contributed by atoms with Crippen LogP contribution in [0.5, 0.6) is 0 Å². The number of nitrogens with two attached hydrogens (primary N) is 2. The van der Waals surface area contributed by atoms with Crippen LogP contribution in [0.2, 0.25) is 0 Å². The molecule has 0 fully saturated rings. The van der Waals surface area contributed by atoms with Gasteiger partial charge in [-0.1, -0.05) is 12.1 Å². The third-order valence-electron chi connectivity index (χ3n) is 7.45. The highest BCUT2D eigenvalue weighted by molar-refractivity contribution is 6.14. The van der Waals surface area contributed by atoms with Crippen molar-refractivity contribution in [3.8, 4) is 0 Å². The Labute approximate surface area is 245 Å². The van der Waals surface area contributed by atoms with Crippen molar-refractivity contribution >= 4 is 44.9 Å². The van der Waals surface area contributed by atoms with Crippen molar-refractivity contribution in [3.05, 3.63) is 101 Å². The number of aliphatic imine (C=N–C) groups is 2. The molecule has 1 unspecified atom stereocenters. The number of hydrogen-bond donors (Lipinski definition) is 2. The zero-order chi connectivity index (χ0) is 29.8. The Morgan fingerprint density at radius 2 is 1.38 bits per heavy atom. The Morgan fingerprint density at radius 1 is 0.762 bits per heavy atom. The molecule has 1 aliphatic rings. The standard InChI is InChI=1S/C32H34N10/c1-19-15-28(40(3)4)23-17-21(10-12-25(23)36-19)30-38-31(27-9-7-8-14-35-27)42(34)32(33,39-30)22-11-13-26-24(18-22)29(41(5)6)16-20(2)37-26/h7-18H,33-34H2,1-6H3. The molecule has 2 aromatic carbocycles. The number of hydrogen-bond acceptors (Lipinski definition) is 10. The van der Waals surface area contributed by atoms with Crippen molar-refractivity contribution in [1.29, 1.82) is 0 Å². The molecule has 3 aromatic heterocycles. The maximum atomic E-state index is 7.19. The number of hydrazine groups is 1. The third kappa shape index (κ3) is 4.60. The molecule has 0 radical (unpaired) electrons. The van der Waals surface area contributed by atoms with Gasteiger partial charge in [0.25, 0.3) is 0 Å². The van der Waals surface area contributed by atoms with E-state index in [1.54, 1.807) is 6.20 Å². The fourth-order valence-corrected chi connectivity index (χ4v) is 5.35. The van der Waals surface area contributed by atoms with Crippen molar-refractivity contribution < 1.29 is 0 Å². The highest BCUT2D eigenvalue weighted by Gasteiger charge is 2.40. The number of benzene rings is 2. The fourth-order valence-electron chi connectivity index (χ4n) is 5.35. The smallest absolute Gasteiger partial charge is 0.228 e. The summed E-state index contributed by atoms with van der Waals surface area (Å²) in [6.07, 6.45) is 1.70. The van der Waals surface area contributed by atoms with Crippen LogP contribution in [-0.2, 0) is 5.79 Å². The van der Waals surface area contributed by atoms with E-state index in [1.165, 1.54) is 5.01 Å². The van der Waals surface area contributed by atoms with Crippen LogP contribution >= 0.6 is 0 Å². The minimum absolute atomic E-state index is 0.410. The summed E-state index contributed by atoms with van der Waals surface area (Å²) in [4.78, 5) is 28.1. The van der Waals surface area contributed by atoms with Crippen LogP contribution in [0.15, 0.2) is 82.9 Å². The molecule has 4 heterocycles. The SMILES string of the molecule is Cc1cc(N(C)C)c2cc(C3=NC(N)(c4ccc5nc(C)cc(N(C)C)c5c4)N(N)C(c4ccccn4)=N3)ccc2n1.